The first-order chi connectivity index (χ1) is 10.5. The normalized spacial score (nSPS) is 11.2. The Kier molecular flexibility index (Phi) is 4.88. The van der Waals surface area contributed by atoms with E-state index in [9.17, 15) is 9.59 Å². The molecule has 1 aromatic heterocycles. The van der Waals surface area contributed by atoms with Crippen LogP contribution in [0.2, 0.25) is 0 Å². The average molecular weight is 299 g/mol. The summed E-state index contributed by atoms with van der Waals surface area (Å²) in [6.45, 7) is 4.65. The maximum atomic E-state index is 12.1. The first kappa shape index (κ1) is 15.7. The number of hydrogen-bond donors (Lipinski definition) is 1. The molecule has 5 nitrogen and oxygen atoms in total. The van der Waals surface area contributed by atoms with Crippen LogP contribution in [0.15, 0.2) is 42.6 Å². The number of hydrogen-bond acceptors (Lipinski definition) is 4. The number of ketones is 1. The number of fused-ring (bicyclic) bond motifs is 1. The van der Waals surface area contributed by atoms with E-state index < -0.39 is 5.97 Å². The van der Waals surface area contributed by atoms with Crippen molar-refractivity contribution >= 4 is 22.7 Å². The van der Waals surface area contributed by atoms with Gasteiger partial charge in [0, 0.05) is 23.2 Å². The first-order valence-electron chi connectivity index (χ1n) is 6.95. The van der Waals surface area contributed by atoms with Crippen LogP contribution in [-0.4, -0.2) is 28.4 Å². The van der Waals surface area contributed by atoms with Crippen molar-refractivity contribution in [2.75, 3.05) is 6.61 Å². The van der Waals surface area contributed by atoms with Gasteiger partial charge in [0.25, 0.3) is 0 Å². The second kappa shape index (κ2) is 6.85. The number of nitrogens with zero attached hydrogens (tertiary/aromatic N) is 1. The molecule has 1 aromatic carbocycles. The predicted octanol–water partition coefficient (Wildman–Crippen LogP) is 3.09. The van der Waals surface area contributed by atoms with Crippen LogP contribution < -0.4 is 4.74 Å². The van der Waals surface area contributed by atoms with E-state index in [4.69, 9.17) is 9.84 Å². The summed E-state index contributed by atoms with van der Waals surface area (Å²) in [7, 11) is 0. The molecule has 0 aliphatic carbocycles. The highest BCUT2D eigenvalue weighted by Crippen LogP contribution is 2.27. The van der Waals surface area contributed by atoms with Crippen molar-refractivity contribution in [3.63, 3.8) is 0 Å². The number of carboxylic acids is 1. The van der Waals surface area contributed by atoms with E-state index in [0.29, 0.717) is 34.7 Å². The second-order valence-corrected chi connectivity index (χ2v) is 5.25. The smallest absolute Gasteiger partial charge is 0.328 e. The van der Waals surface area contributed by atoms with Gasteiger partial charge in [-0.1, -0.05) is 19.9 Å². The zero-order chi connectivity index (χ0) is 16.1. The van der Waals surface area contributed by atoms with Gasteiger partial charge < -0.3 is 9.84 Å². The van der Waals surface area contributed by atoms with E-state index in [1.807, 2.05) is 13.8 Å². The highest BCUT2D eigenvalue weighted by atomic mass is 16.5. The van der Waals surface area contributed by atoms with E-state index in [0.717, 1.165) is 12.2 Å². The fourth-order valence-corrected chi connectivity index (χ4v) is 1.97. The van der Waals surface area contributed by atoms with Gasteiger partial charge in [-0.15, -0.1) is 0 Å². The van der Waals surface area contributed by atoms with Crippen molar-refractivity contribution in [3.05, 3.63) is 48.2 Å². The molecule has 0 amide bonds. The third-order valence-corrected chi connectivity index (χ3v) is 2.95. The Bertz CT molecular complexity index is 735. The van der Waals surface area contributed by atoms with E-state index in [1.54, 1.807) is 30.5 Å². The van der Waals surface area contributed by atoms with E-state index in [1.165, 1.54) is 0 Å². The maximum Gasteiger partial charge on any atom is 0.328 e. The zero-order valence-corrected chi connectivity index (χ0v) is 12.4. The summed E-state index contributed by atoms with van der Waals surface area (Å²) < 4.78 is 5.73. The van der Waals surface area contributed by atoms with Gasteiger partial charge >= 0.3 is 5.97 Å². The van der Waals surface area contributed by atoms with Crippen molar-refractivity contribution in [2.24, 2.45) is 5.92 Å². The molecule has 1 N–H and O–H groups in total. The van der Waals surface area contributed by atoms with Gasteiger partial charge in [-0.2, -0.15) is 0 Å². The van der Waals surface area contributed by atoms with Crippen LogP contribution in [0.4, 0.5) is 0 Å². The van der Waals surface area contributed by atoms with E-state index in [2.05, 4.69) is 4.98 Å². The molecule has 0 aliphatic heterocycles. The lowest BCUT2D eigenvalue weighted by atomic mass is 10.0. The van der Waals surface area contributed by atoms with Crippen LogP contribution in [0.25, 0.3) is 10.9 Å². The molecule has 0 saturated heterocycles. The Balaban J connectivity index is 2.44. The standard InChI is InChI=1S/C17H17NO4/c1-11(2)10-22-15-7-5-12(14(19)6-8-16(20)21)13-4-3-9-18-17(13)15/h3-9,11H,10H2,1-2H3,(H,20,21)/b8-6+. The Labute approximate surface area is 128 Å². The number of aliphatic carboxylic acids is 1. The van der Waals surface area contributed by atoms with Crippen LogP contribution in [0.1, 0.15) is 24.2 Å². The van der Waals surface area contributed by atoms with Crippen molar-refractivity contribution in [2.45, 2.75) is 13.8 Å². The van der Waals surface area contributed by atoms with Gasteiger partial charge in [-0.3, -0.25) is 9.78 Å². The predicted molar refractivity (Wildman–Crippen MR) is 83.2 cm³/mol. The molecule has 2 rings (SSSR count). The third-order valence-electron chi connectivity index (χ3n) is 2.95. The number of pyridine rings is 1. The Morgan fingerprint density at radius 1 is 1.27 bits per heavy atom. The Morgan fingerprint density at radius 3 is 2.73 bits per heavy atom. The number of carbonyl (C=O) groups is 2. The highest BCUT2D eigenvalue weighted by molar-refractivity contribution is 6.14. The molecule has 22 heavy (non-hydrogen) atoms. The van der Waals surface area contributed by atoms with Crippen molar-refractivity contribution in [1.82, 2.24) is 4.98 Å². The van der Waals surface area contributed by atoms with Crippen molar-refractivity contribution < 1.29 is 19.4 Å². The lowest BCUT2D eigenvalue weighted by Gasteiger charge is -2.12. The van der Waals surface area contributed by atoms with E-state index in [-0.39, 0.29) is 5.78 Å². The van der Waals surface area contributed by atoms with Crippen LogP contribution in [0.5, 0.6) is 5.75 Å². The van der Waals surface area contributed by atoms with Crippen LogP contribution >= 0.6 is 0 Å². The average Bonchev–Trinajstić information content (AvgIpc) is 2.50. The molecule has 5 heteroatoms. The first-order valence-corrected chi connectivity index (χ1v) is 6.95. The topological polar surface area (TPSA) is 76.5 Å². The molecule has 0 saturated carbocycles. The fourth-order valence-electron chi connectivity index (χ4n) is 1.97. The largest absolute Gasteiger partial charge is 0.491 e. The Hall–Kier alpha value is -2.69. The van der Waals surface area contributed by atoms with Crippen LogP contribution in [0.3, 0.4) is 0 Å². The van der Waals surface area contributed by atoms with Gasteiger partial charge in [-0.25, -0.2) is 4.79 Å². The summed E-state index contributed by atoms with van der Waals surface area (Å²) >= 11 is 0. The molecule has 2 aromatic rings. The van der Waals surface area contributed by atoms with E-state index >= 15 is 0 Å². The van der Waals surface area contributed by atoms with Crippen molar-refractivity contribution in [3.8, 4) is 5.75 Å². The minimum atomic E-state index is -1.16. The number of rotatable bonds is 6. The minimum Gasteiger partial charge on any atom is -0.491 e. The lowest BCUT2D eigenvalue weighted by molar-refractivity contribution is -0.131. The molecular formula is C17H17NO4. The number of carbonyl (C=O) groups excluding carboxylic acids is 1. The number of ether oxygens (including phenoxy) is 1. The second-order valence-electron chi connectivity index (χ2n) is 5.25. The summed E-state index contributed by atoms with van der Waals surface area (Å²) in [5.74, 6) is -0.551. The third kappa shape index (κ3) is 3.69. The van der Waals surface area contributed by atoms with Crippen LogP contribution in [0, 0.1) is 5.92 Å². The molecule has 0 spiro atoms. The van der Waals surface area contributed by atoms with Gasteiger partial charge in [0.05, 0.1) is 6.61 Å². The SMILES string of the molecule is CC(C)COc1ccc(C(=O)/C=C/C(=O)O)c2cccnc12. The highest BCUT2D eigenvalue weighted by Gasteiger charge is 2.12. The minimum absolute atomic E-state index is 0.374. The van der Waals surface area contributed by atoms with Gasteiger partial charge in [-0.05, 0) is 30.2 Å². The summed E-state index contributed by atoms with van der Waals surface area (Å²) in [4.78, 5) is 26.9. The molecule has 0 fully saturated rings. The Morgan fingerprint density at radius 2 is 2.05 bits per heavy atom. The van der Waals surface area contributed by atoms with Gasteiger partial charge in [0.1, 0.15) is 11.3 Å². The molecule has 0 unspecified atom stereocenters. The fraction of sp³-hybridized carbons (Fsp3) is 0.235. The summed E-state index contributed by atoms with van der Waals surface area (Å²) in [5.41, 5.74) is 0.996. The molecule has 114 valence electrons. The molecule has 1 heterocycles. The van der Waals surface area contributed by atoms with Gasteiger partial charge in [0.15, 0.2) is 5.78 Å². The summed E-state index contributed by atoms with van der Waals surface area (Å²) in [6.07, 6.45) is 3.50. The monoisotopic (exact) mass is 299 g/mol. The number of aromatic nitrogens is 1. The number of allylic oxidation sites excluding steroid dienone is 1. The molecule has 0 aliphatic rings. The van der Waals surface area contributed by atoms with Crippen LogP contribution in [-0.2, 0) is 4.79 Å². The quantitative estimate of drug-likeness (QED) is 0.655. The van der Waals surface area contributed by atoms with Gasteiger partial charge in [0.2, 0.25) is 0 Å². The zero-order valence-electron chi connectivity index (χ0n) is 12.4. The molecular weight excluding hydrogens is 282 g/mol. The maximum absolute atomic E-state index is 12.1. The lowest BCUT2D eigenvalue weighted by Crippen LogP contribution is -2.06. The molecule has 0 radical (unpaired) electrons. The van der Waals surface area contributed by atoms with Crippen molar-refractivity contribution in [1.29, 1.82) is 0 Å². The summed E-state index contributed by atoms with van der Waals surface area (Å²) in [5, 5.41) is 9.26. The summed E-state index contributed by atoms with van der Waals surface area (Å²) in [6, 6.07) is 6.83. The number of benzene rings is 1. The number of carboxylic acid groups (broad SMARTS) is 1. The molecule has 0 bridgehead atoms. The molecule has 0 atom stereocenters.